The molecular weight excluding hydrogens is 266 g/mol. The van der Waals surface area contributed by atoms with Crippen molar-refractivity contribution in [2.24, 2.45) is 5.73 Å². The molecule has 1 aliphatic rings. The molecule has 5 heteroatoms. The first kappa shape index (κ1) is 15.6. The van der Waals surface area contributed by atoms with E-state index >= 15 is 0 Å². The normalized spacial score (nSPS) is 19.4. The van der Waals surface area contributed by atoms with Crippen LogP contribution in [0.4, 0.5) is 5.69 Å². The van der Waals surface area contributed by atoms with E-state index in [1.807, 2.05) is 31.2 Å². The predicted molar refractivity (Wildman–Crippen MR) is 84.6 cm³/mol. The van der Waals surface area contributed by atoms with Crippen molar-refractivity contribution in [3.63, 3.8) is 0 Å². The molecule has 1 amide bonds. The molecule has 116 valence electrons. The summed E-state index contributed by atoms with van der Waals surface area (Å²) in [4.78, 5) is 14.2. The topological polar surface area (TPSA) is 67.6 Å². The number of ether oxygens (including phenoxy) is 1. The average molecular weight is 291 g/mol. The molecule has 2 unspecified atom stereocenters. The number of para-hydroxylation sites is 2. The molecule has 1 fully saturated rings. The third kappa shape index (κ3) is 3.88. The van der Waals surface area contributed by atoms with Gasteiger partial charge in [0, 0.05) is 19.1 Å². The first-order chi connectivity index (χ1) is 10.2. The summed E-state index contributed by atoms with van der Waals surface area (Å²) in [6.45, 7) is 3.74. The summed E-state index contributed by atoms with van der Waals surface area (Å²) < 4.78 is 5.40. The highest BCUT2D eigenvalue weighted by Gasteiger charge is 2.26. The first-order valence-electron chi connectivity index (χ1n) is 7.59. The lowest BCUT2D eigenvalue weighted by Crippen LogP contribution is -2.46. The fraction of sp³-hybridized carbons (Fsp3) is 0.562. The molecule has 0 aliphatic carbocycles. The summed E-state index contributed by atoms with van der Waals surface area (Å²) >= 11 is 0. The monoisotopic (exact) mass is 291 g/mol. The van der Waals surface area contributed by atoms with Gasteiger partial charge in [0.05, 0.1) is 18.8 Å². The Morgan fingerprint density at radius 1 is 1.52 bits per heavy atom. The Labute approximate surface area is 126 Å². The van der Waals surface area contributed by atoms with Crippen molar-refractivity contribution in [1.29, 1.82) is 0 Å². The van der Waals surface area contributed by atoms with Crippen LogP contribution in [0.15, 0.2) is 24.3 Å². The molecule has 0 aromatic heterocycles. The minimum Gasteiger partial charge on any atom is -0.495 e. The van der Waals surface area contributed by atoms with E-state index in [4.69, 9.17) is 10.5 Å². The lowest BCUT2D eigenvalue weighted by Gasteiger charge is -2.22. The standard InChI is InChI=1S/C16H25N3O2/c1-3-6-13(17)16(20)18-12-9-10-19(11-12)14-7-4-5-8-15(14)21-2/h4-5,7-8,12-13H,3,6,9-11,17H2,1-2H3,(H,18,20). The van der Waals surface area contributed by atoms with Crippen LogP contribution in [-0.4, -0.2) is 38.2 Å². The van der Waals surface area contributed by atoms with Crippen LogP contribution < -0.4 is 20.7 Å². The maximum atomic E-state index is 12.0. The maximum absolute atomic E-state index is 12.0. The Kier molecular flexibility index (Phi) is 5.44. The molecular formula is C16H25N3O2. The Bertz CT molecular complexity index is 478. The Balaban J connectivity index is 1.93. The average Bonchev–Trinajstić information content (AvgIpc) is 2.95. The molecule has 0 bridgehead atoms. The van der Waals surface area contributed by atoms with Gasteiger partial charge in [-0.1, -0.05) is 25.5 Å². The van der Waals surface area contributed by atoms with E-state index in [0.29, 0.717) is 0 Å². The zero-order valence-corrected chi connectivity index (χ0v) is 12.8. The molecule has 5 nitrogen and oxygen atoms in total. The summed E-state index contributed by atoms with van der Waals surface area (Å²) in [5.41, 5.74) is 6.93. The van der Waals surface area contributed by atoms with Gasteiger partial charge >= 0.3 is 0 Å². The van der Waals surface area contributed by atoms with Gasteiger partial charge in [0.25, 0.3) is 0 Å². The molecule has 1 saturated heterocycles. The Morgan fingerprint density at radius 3 is 3.00 bits per heavy atom. The quantitative estimate of drug-likeness (QED) is 0.834. The van der Waals surface area contributed by atoms with Gasteiger partial charge in [0.1, 0.15) is 5.75 Å². The molecule has 1 aromatic rings. The Morgan fingerprint density at radius 2 is 2.29 bits per heavy atom. The third-order valence-electron chi connectivity index (χ3n) is 3.90. The van der Waals surface area contributed by atoms with Gasteiger partial charge in [0.2, 0.25) is 5.91 Å². The van der Waals surface area contributed by atoms with Crippen LogP contribution in [-0.2, 0) is 4.79 Å². The van der Waals surface area contributed by atoms with Gasteiger partial charge in [-0.25, -0.2) is 0 Å². The molecule has 0 radical (unpaired) electrons. The number of anilines is 1. The van der Waals surface area contributed by atoms with Gasteiger partial charge in [0.15, 0.2) is 0 Å². The number of rotatable bonds is 6. The third-order valence-corrected chi connectivity index (χ3v) is 3.90. The minimum absolute atomic E-state index is 0.0382. The summed E-state index contributed by atoms with van der Waals surface area (Å²) in [6.07, 6.45) is 2.59. The molecule has 0 saturated carbocycles. The second-order valence-corrected chi connectivity index (χ2v) is 5.51. The zero-order chi connectivity index (χ0) is 15.2. The van der Waals surface area contributed by atoms with Gasteiger partial charge in [-0.2, -0.15) is 0 Å². The number of carbonyl (C=O) groups excluding carboxylic acids is 1. The molecule has 1 aliphatic heterocycles. The van der Waals surface area contributed by atoms with E-state index in [1.165, 1.54) is 0 Å². The fourth-order valence-corrected chi connectivity index (χ4v) is 2.74. The highest BCUT2D eigenvalue weighted by Crippen LogP contribution is 2.30. The van der Waals surface area contributed by atoms with Crippen LogP contribution >= 0.6 is 0 Å². The lowest BCUT2D eigenvalue weighted by atomic mass is 10.1. The SMILES string of the molecule is CCCC(N)C(=O)NC1CCN(c2ccccc2OC)C1. The van der Waals surface area contributed by atoms with Crippen LogP contribution in [0.25, 0.3) is 0 Å². The molecule has 1 heterocycles. The number of methoxy groups -OCH3 is 1. The van der Waals surface area contributed by atoms with Crippen molar-refractivity contribution in [3.05, 3.63) is 24.3 Å². The van der Waals surface area contributed by atoms with E-state index in [2.05, 4.69) is 10.2 Å². The molecule has 2 atom stereocenters. The van der Waals surface area contributed by atoms with Crippen molar-refractivity contribution < 1.29 is 9.53 Å². The largest absolute Gasteiger partial charge is 0.495 e. The van der Waals surface area contributed by atoms with Crippen LogP contribution in [0, 0.1) is 0 Å². The van der Waals surface area contributed by atoms with Crippen LogP contribution in [0.5, 0.6) is 5.75 Å². The zero-order valence-electron chi connectivity index (χ0n) is 12.8. The smallest absolute Gasteiger partial charge is 0.237 e. The number of carbonyl (C=O) groups is 1. The molecule has 0 spiro atoms. The van der Waals surface area contributed by atoms with Crippen molar-refractivity contribution in [2.45, 2.75) is 38.3 Å². The van der Waals surface area contributed by atoms with E-state index in [9.17, 15) is 4.79 Å². The summed E-state index contributed by atoms with van der Waals surface area (Å²) in [6, 6.07) is 7.73. The van der Waals surface area contributed by atoms with Crippen molar-refractivity contribution in [1.82, 2.24) is 5.32 Å². The summed E-state index contributed by atoms with van der Waals surface area (Å²) in [7, 11) is 1.68. The van der Waals surface area contributed by atoms with Crippen molar-refractivity contribution in [3.8, 4) is 5.75 Å². The second-order valence-electron chi connectivity index (χ2n) is 5.51. The molecule has 2 rings (SSSR count). The van der Waals surface area contributed by atoms with E-state index in [1.54, 1.807) is 7.11 Å². The molecule has 21 heavy (non-hydrogen) atoms. The van der Waals surface area contributed by atoms with Crippen LogP contribution in [0.1, 0.15) is 26.2 Å². The molecule has 1 aromatic carbocycles. The molecule has 3 N–H and O–H groups in total. The Hall–Kier alpha value is -1.75. The van der Waals surface area contributed by atoms with Gasteiger partial charge in [-0.15, -0.1) is 0 Å². The lowest BCUT2D eigenvalue weighted by molar-refractivity contribution is -0.123. The highest BCUT2D eigenvalue weighted by molar-refractivity contribution is 5.81. The van der Waals surface area contributed by atoms with Gasteiger partial charge in [-0.3, -0.25) is 4.79 Å². The second kappa shape index (κ2) is 7.31. The number of hydrogen-bond acceptors (Lipinski definition) is 4. The number of nitrogens with one attached hydrogen (secondary N) is 1. The number of benzene rings is 1. The maximum Gasteiger partial charge on any atom is 0.237 e. The van der Waals surface area contributed by atoms with Gasteiger partial charge in [-0.05, 0) is 25.0 Å². The number of hydrogen-bond donors (Lipinski definition) is 2. The first-order valence-corrected chi connectivity index (χ1v) is 7.59. The number of nitrogens with two attached hydrogens (primary N) is 1. The van der Waals surface area contributed by atoms with E-state index < -0.39 is 6.04 Å². The predicted octanol–water partition coefficient (Wildman–Crippen LogP) is 1.52. The summed E-state index contributed by atoms with van der Waals surface area (Å²) in [5, 5.41) is 3.05. The number of nitrogens with zero attached hydrogens (tertiary/aromatic N) is 1. The van der Waals surface area contributed by atoms with Gasteiger partial charge < -0.3 is 20.7 Å². The minimum atomic E-state index is -0.393. The van der Waals surface area contributed by atoms with Crippen LogP contribution in [0.3, 0.4) is 0 Å². The van der Waals surface area contributed by atoms with E-state index in [0.717, 1.165) is 43.8 Å². The fourth-order valence-electron chi connectivity index (χ4n) is 2.74. The van der Waals surface area contributed by atoms with Crippen molar-refractivity contribution >= 4 is 11.6 Å². The summed E-state index contributed by atoms with van der Waals surface area (Å²) in [5.74, 6) is 0.830. The van der Waals surface area contributed by atoms with Crippen molar-refractivity contribution in [2.75, 3.05) is 25.1 Å². The highest BCUT2D eigenvalue weighted by atomic mass is 16.5. The van der Waals surface area contributed by atoms with E-state index in [-0.39, 0.29) is 11.9 Å². The number of amides is 1. The van der Waals surface area contributed by atoms with Crippen LogP contribution in [0.2, 0.25) is 0 Å².